The van der Waals surface area contributed by atoms with Gasteiger partial charge in [0.15, 0.2) is 0 Å². The molecule has 0 bridgehead atoms. The summed E-state index contributed by atoms with van der Waals surface area (Å²) in [7, 11) is 0. The van der Waals surface area contributed by atoms with Gasteiger partial charge in [0.1, 0.15) is 5.60 Å². The van der Waals surface area contributed by atoms with Gasteiger partial charge >= 0.3 is 0 Å². The van der Waals surface area contributed by atoms with Crippen LogP contribution in [0.3, 0.4) is 0 Å². The maximum absolute atomic E-state index is 14.7. The average molecular weight is 455 g/mol. The number of aliphatic hydroxyl groups is 2. The highest BCUT2D eigenvalue weighted by molar-refractivity contribution is 5.25. The predicted molar refractivity (Wildman–Crippen MR) is 128 cm³/mol. The molecule has 0 amide bonds. The Morgan fingerprint density at radius 3 is 2.41 bits per heavy atom. The summed E-state index contributed by atoms with van der Waals surface area (Å²) in [5.41, 5.74) is -0.0319. The summed E-state index contributed by atoms with van der Waals surface area (Å²) in [6.07, 6.45) is 11.2. The van der Waals surface area contributed by atoms with Crippen molar-refractivity contribution in [2.24, 2.45) is 34.5 Å². The average Bonchev–Trinajstić information content (AvgIpc) is 3.10. The van der Waals surface area contributed by atoms with Crippen LogP contribution in [0.25, 0.3) is 0 Å². The lowest BCUT2D eigenvalue weighted by molar-refractivity contribution is -0.180. The lowest BCUT2D eigenvalue weighted by Crippen LogP contribution is -2.50. The highest BCUT2D eigenvalue weighted by Gasteiger charge is 2.59. The molecule has 4 rings (SSSR count). The van der Waals surface area contributed by atoms with E-state index in [0.29, 0.717) is 30.1 Å². The van der Waals surface area contributed by atoms with Gasteiger partial charge in [-0.15, -0.1) is 0 Å². The summed E-state index contributed by atoms with van der Waals surface area (Å²) in [5.74, 6) is -0.704. The van der Waals surface area contributed by atoms with Crippen LogP contribution in [-0.2, 0) is 0 Å². The first kappa shape index (κ1) is 26.1. The van der Waals surface area contributed by atoms with Crippen LogP contribution in [0.4, 0.5) is 8.78 Å². The van der Waals surface area contributed by atoms with E-state index in [2.05, 4.69) is 19.9 Å². The molecule has 3 fully saturated rings. The molecule has 4 aliphatic rings. The molecule has 2 unspecified atom stereocenters. The van der Waals surface area contributed by atoms with Gasteiger partial charge in [0, 0.05) is 6.42 Å². The molecule has 3 saturated carbocycles. The van der Waals surface area contributed by atoms with E-state index >= 15 is 0 Å². The third kappa shape index (κ3) is 4.21. The Morgan fingerprint density at radius 1 is 1.06 bits per heavy atom. The van der Waals surface area contributed by atoms with Crippen molar-refractivity contribution in [3.63, 3.8) is 0 Å². The zero-order chi connectivity index (χ0) is 23.9. The fourth-order valence-corrected chi connectivity index (χ4v) is 8.11. The molecule has 0 aromatic heterocycles. The van der Waals surface area contributed by atoms with Crippen LogP contribution in [0, 0.1) is 34.5 Å². The van der Waals surface area contributed by atoms with Gasteiger partial charge in [-0.3, -0.25) is 0 Å². The van der Waals surface area contributed by atoms with Gasteiger partial charge in [0.2, 0.25) is 0 Å². The third-order valence-electron chi connectivity index (χ3n) is 10.6. The number of alkyl halides is 2. The first-order valence-corrected chi connectivity index (χ1v) is 13.4. The molecule has 0 heterocycles. The standard InChI is InChI=1S/C26H42F2O2.C2H6/c1-5-25(4,30)26(27,28)15-10-17-7-9-21-20-8-6-18-16-19(29)11-13-24(18,3)22(20)12-14-23(17,21)2;1-2/h6,17,19-22,29-30H,5,7-16H2,1-4H3;1-2H3/t17-,19+,20+,21+,22?,23-,24+,25?;/m1./s1. The molecule has 0 aromatic rings. The zero-order valence-electron chi connectivity index (χ0n) is 21.4. The van der Waals surface area contributed by atoms with Gasteiger partial charge in [0.05, 0.1) is 6.10 Å². The number of allylic oxidation sites excluding steroid dienone is 1. The van der Waals surface area contributed by atoms with E-state index in [1.54, 1.807) is 6.92 Å². The molecule has 2 nitrogen and oxygen atoms in total. The molecule has 4 heteroatoms. The van der Waals surface area contributed by atoms with E-state index in [0.717, 1.165) is 38.5 Å². The van der Waals surface area contributed by atoms with Gasteiger partial charge in [0.25, 0.3) is 5.92 Å². The van der Waals surface area contributed by atoms with E-state index in [9.17, 15) is 19.0 Å². The summed E-state index contributed by atoms with van der Waals surface area (Å²) < 4.78 is 29.3. The molecule has 8 atom stereocenters. The van der Waals surface area contributed by atoms with Crippen molar-refractivity contribution in [3.8, 4) is 0 Å². The smallest absolute Gasteiger partial charge is 0.275 e. The van der Waals surface area contributed by atoms with Crippen LogP contribution in [-0.4, -0.2) is 27.8 Å². The summed E-state index contributed by atoms with van der Waals surface area (Å²) in [6.45, 7) is 11.7. The van der Waals surface area contributed by atoms with Crippen molar-refractivity contribution in [3.05, 3.63) is 11.6 Å². The van der Waals surface area contributed by atoms with E-state index in [1.807, 2.05) is 13.8 Å². The van der Waals surface area contributed by atoms with Crippen molar-refractivity contribution in [1.29, 1.82) is 0 Å². The van der Waals surface area contributed by atoms with Gasteiger partial charge in [-0.2, -0.15) is 0 Å². The SMILES string of the molecule is CC.CCC(C)(O)C(F)(F)CC[C@H]1CC[C@H]2[C@@H]3CC=C4C[C@@H](O)CC[C@]4(C)C3CC[C@]12C. The van der Waals surface area contributed by atoms with E-state index in [4.69, 9.17) is 0 Å². The number of halogens is 2. The van der Waals surface area contributed by atoms with E-state index in [1.165, 1.54) is 25.3 Å². The Bertz CT molecular complexity index is 687. The fraction of sp³-hybridized carbons (Fsp3) is 0.929. The second kappa shape index (κ2) is 9.29. The minimum Gasteiger partial charge on any atom is -0.393 e. The molecule has 0 spiro atoms. The lowest BCUT2D eigenvalue weighted by atomic mass is 9.47. The molecular weight excluding hydrogens is 406 g/mol. The number of fused-ring (bicyclic) bond motifs is 5. The first-order chi connectivity index (χ1) is 14.9. The molecular formula is C28H48F2O2. The monoisotopic (exact) mass is 454 g/mol. The normalized spacial score (nSPS) is 43.1. The number of aliphatic hydroxyl groups excluding tert-OH is 1. The Kier molecular flexibility index (Phi) is 7.58. The Labute approximate surface area is 195 Å². The molecule has 0 radical (unpaired) electrons. The van der Waals surface area contributed by atoms with Gasteiger partial charge < -0.3 is 10.2 Å². The van der Waals surface area contributed by atoms with Crippen LogP contribution in [0.2, 0.25) is 0 Å². The van der Waals surface area contributed by atoms with Crippen molar-refractivity contribution < 1.29 is 19.0 Å². The van der Waals surface area contributed by atoms with Crippen LogP contribution in [0.15, 0.2) is 11.6 Å². The summed E-state index contributed by atoms with van der Waals surface area (Å²) in [5, 5.41) is 20.3. The first-order valence-electron chi connectivity index (χ1n) is 13.4. The summed E-state index contributed by atoms with van der Waals surface area (Å²) in [4.78, 5) is 0. The predicted octanol–water partition coefficient (Wildman–Crippen LogP) is 7.53. The highest BCUT2D eigenvalue weighted by atomic mass is 19.3. The maximum atomic E-state index is 14.7. The third-order valence-corrected chi connectivity index (χ3v) is 10.6. The minimum absolute atomic E-state index is 0.0796. The van der Waals surface area contributed by atoms with E-state index in [-0.39, 0.29) is 29.8 Å². The van der Waals surface area contributed by atoms with Gasteiger partial charge in [-0.25, -0.2) is 8.78 Å². The number of hydrogen-bond acceptors (Lipinski definition) is 2. The summed E-state index contributed by atoms with van der Waals surface area (Å²) >= 11 is 0. The number of hydrogen-bond donors (Lipinski definition) is 2. The molecule has 0 aliphatic heterocycles. The van der Waals surface area contributed by atoms with Gasteiger partial charge in [-0.05, 0) is 106 Å². The Hall–Kier alpha value is -0.480. The maximum Gasteiger partial charge on any atom is 0.275 e. The van der Waals surface area contributed by atoms with Crippen LogP contribution >= 0.6 is 0 Å². The molecule has 32 heavy (non-hydrogen) atoms. The van der Waals surface area contributed by atoms with E-state index < -0.39 is 11.5 Å². The minimum atomic E-state index is -3.02. The van der Waals surface area contributed by atoms with Crippen LogP contribution in [0.5, 0.6) is 0 Å². The second-order valence-electron chi connectivity index (χ2n) is 11.8. The Balaban J connectivity index is 0.00000141. The molecule has 4 aliphatic carbocycles. The van der Waals surface area contributed by atoms with Gasteiger partial charge in [-0.1, -0.05) is 46.3 Å². The quantitative estimate of drug-likeness (QED) is 0.422. The molecule has 186 valence electrons. The lowest BCUT2D eigenvalue weighted by Gasteiger charge is -2.58. The van der Waals surface area contributed by atoms with Crippen molar-refractivity contribution in [2.45, 2.75) is 130 Å². The second-order valence-corrected chi connectivity index (χ2v) is 11.8. The summed E-state index contributed by atoms with van der Waals surface area (Å²) in [6, 6.07) is 0. The van der Waals surface area contributed by atoms with Crippen LogP contribution in [0.1, 0.15) is 112 Å². The zero-order valence-corrected chi connectivity index (χ0v) is 21.4. The molecule has 2 N–H and O–H groups in total. The van der Waals surface area contributed by atoms with Crippen molar-refractivity contribution in [2.75, 3.05) is 0 Å². The molecule has 0 aromatic carbocycles. The highest BCUT2D eigenvalue weighted by Crippen LogP contribution is 2.67. The fourth-order valence-electron chi connectivity index (χ4n) is 8.11. The van der Waals surface area contributed by atoms with Crippen molar-refractivity contribution >= 4 is 0 Å². The molecule has 0 saturated heterocycles. The topological polar surface area (TPSA) is 40.5 Å². The van der Waals surface area contributed by atoms with Crippen molar-refractivity contribution in [1.82, 2.24) is 0 Å². The Morgan fingerprint density at radius 2 is 1.75 bits per heavy atom. The largest absolute Gasteiger partial charge is 0.393 e. The van der Waals surface area contributed by atoms with Crippen LogP contribution < -0.4 is 0 Å². The number of rotatable bonds is 5.